The lowest BCUT2D eigenvalue weighted by Gasteiger charge is -2.46. The first kappa shape index (κ1) is 21.6. The normalized spacial score (nSPS) is 32.0. The number of aromatic nitrogens is 3. The fourth-order valence-electron chi connectivity index (χ4n) is 3.62. The van der Waals surface area contributed by atoms with Crippen molar-refractivity contribution in [3.8, 4) is 17.0 Å². The molecule has 10 heteroatoms. The van der Waals surface area contributed by atoms with Crippen molar-refractivity contribution in [3.05, 3.63) is 30.5 Å². The SMILES string of the molecule is COc1cccc(-c2cn([C@H]3C(F)C(C)(F)O[C@@H]([C@H](O)[C@H](O)CO)[C@@H]3C)nn2)c1. The van der Waals surface area contributed by atoms with Crippen LogP contribution in [0.4, 0.5) is 8.78 Å². The number of alkyl halides is 2. The third-order valence-corrected chi connectivity index (χ3v) is 5.32. The number of methoxy groups -OCH3 is 1. The minimum atomic E-state index is -2.74. The number of nitrogens with zero attached hydrogens (tertiary/aromatic N) is 3. The molecule has 3 N–H and O–H groups in total. The summed E-state index contributed by atoms with van der Waals surface area (Å²) in [6.07, 6.45) is -5.06. The summed E-state index contributed by atoms with van der Waals surface area (Å²) in [5, 5.41) is 37.1. The lowest BCUT2D eigenvalue weighted by atomic mass is 9.82. The van der Waals surface area contributed by atoms with Crippen LogP contribution in [0.2, 0.25) is 0 Å². The zero-order chi connectivity index (χ0) is 21.3. The summed E-state index contributed by atoms with van der Waals surface area (Å²) < 4.78 is 41.4. The fraction of sp³-hybridized carbons (Fsp3) is 0.579. The van der Waals surface area contributed by atoms with Crippen molar-refractivity contribution < 1.29 is 33.6 Å². The van der Waals surface area contributed by atoms with Gasteiger partial charge in [0.1, 0.15) is 23.7 Å². The summed E-state index contributed by atoms with van der Waals surface area (Å²) in [6.45, 7) is 1.72. The van der Waals surface area contributed by atoms with Crippen molar-refractivity contribution >= 4 is 0 Å². The Hall–Kier alpha value is -2.14. The van der Waals surface area contributed by atoms with E-state index in [9.17, 15) is 14.6 Å². The van der Waals surface area contributed by atoms with E-state index < -0.39 is 48.9 Å². The zero-order valence-electron chi connectivity index (χ0n) is 16.3. The van der Waals surface area contributed by atoms with Crippen molar-refractivity contribution in [3.63, 3.8) is 0 Å². The number of hydrogen-bond donors (Lipinski definition) is 3. The second-order valence-electron chi connectivity index (χ2n) is 7.38. The van der Waals surface area contributed by atoms with Crippen molar-refractivity contribution in [1.29, 1.82) is 0 Å². The Bertz CT molecular complexity index is 834. The van der Waals surface area contributed by atoms with Crippen molar-refractivity contribution in [2.75, 3.05) is 13.7 Å². The van der Waals surface area contributed by atoms with Gasteiger partial charge in [0.05, 0.1) is 32.1 Å². The first-order chi connectivity index (χ1) is 13.7. The number of benzene rings is 1. The highest BCUT2D eigenvalue weighted by molar-refractivity contribution is 5.59. The molecule has 1 aliphatic heterocycles. The Morgan fingerprint density at radius 3 is 2.76 bits per heavy atom. The van der Waals surface area contributed by atoms with Crippen LogP contribution in [0, 0.1) is 5.92 Å². The molecule has 1 fully saturated rings. The van der Waals surface area contributed by atoms with Crippen LogP contribution in [-0.4, -0.2) is 74.4 Å². The van der Waals surface area contributed by atoms with E-state index in [0.717, 1.165) is 6.92 Å². The van der Waals surface area contributed by atoms with E-state index >= 15 is 4.39 Å². The second kappa shape index (κ2) is 8.31. The smallest absolute Gasteiger partial charge is 0.240 e. The maximum atomic E-state index is 15.0. The molecule has 0 aliphatic carbocycles. The minimum Gasteiger partial charge on any atom is -0.497 e. The molecule has 2 unspecified atom stereocenters. The van der Waals surface area contributed by atoms with E-state index in [4.69, 9.17) is 14.6 Å². The molecule has 0 radical (unpaired) electrons. The molecule has 1 aliphatic rings. The average Bonchev–Trinajstić information content (AvgIpc) is 3.19. The third-order valence-electron chi connectivity index (χ3n) is 5.32. The molecular weight excluding hydrogens is 388 g/mol. The first-order valence-electron chi connectivity index (χ1n) is 9.23. The molecule has 29 heavy (non-hydrogen) atoms. The number of aliphatic hydroxyl groups is 3. The number of ether oxygens (including phenoxy) is 2. The van der Waals surface area contributed by atoms with E-state index in [1.54, 1.807) is 31.2 Å². The quantitative estimate of drug-likeness (QED) is 0.654. The number of halogens is 2. The molecule has 0 saturated carbocycles. The van der Waals surface area contributed by atoms with Crippen LogP contribution in [0.5, 0.6) is 5.75 Å². The summed E-state index contributed by atoms with van der Waals surface area (Å²) in [4.78, 5) is 0. The molecule has 3 rings (SSSR count). The Kier molecular flexibility index (Phi) is 6.18. The fourth-order valence-corrected chi connectivity index (χ4v) is 3.62. The Balaban J connectivity index is 1.94. The average molecular weight is 413 g/mol. The van der Waals surface area contributed by atoms with Crippen LogP contribution >= 0.6 is 0 Å². The molecule has 0 bridgehead atoms. The summed E-state index contributed by atoms with van der Waals surface area (Å²) in [5.74, 6) is -2.91. The van der Waals surface area contributed by atoms with Gasteiger partial charge >= 0.3 is 0 Å². The lowest BCUT2D eigenvalue weighted by Crippen LogP contribution is -2.59. The van der Waals surface area contributed by atoms with Gasteiger partial charge in [0.15, 0.2) is 6.17 Å². The van der Waals surface area contributed by atoms with E-state index in [2.05, 4.69) is 10.3 Å². The molecule has 0 spiro atoms. The Morgan fingerprint density at radius 1 is 1.38 bits per heavy atom. The molecule has 1 saturated heterocycles. The number of rotatable bonds is 6. The molecule has 7 atom stereocenters. The monoisotopic (exact) mass is 413 g/mol. The van der Waals surface area contributed by atoms with Crippen LogP contribution in [0.1, 0.15) is 19.9 Å². The maximum Gasteiger partial charge on any atom is 0.240 e. The van der Waals surface area contributed by atoms with Crippen LogP contribution in [0.15, 0.2) is 30.5 Å². The summed E-state index contributed by atoms with van der Waals surface area (Å²) in [6, 6.07) is 5.89. The summed E-state index contributed by atoms with van der Waals surface area (Å²) in [7, 11) is 1.53. The van der Waals surface area contributed by atoms with Gasteiger partial charge in [0.25, 0.3) is 0 Å². The second-order valence-corrected chi connectivity index (χ2v) is 7.38. The molecule has 1 aromatic heterocycles. The molecule has 160 valence electrons. The third kappa shape index (κ3) is 4.11. The molecular formula is C19H25F2N3O5. The zero-order valence-corrected chi connectivity index (χ0v) is 16.3. The van der Waals surface area contributed by atoms with Gasteiger partial charge in [0, 0.05) is 11.5 Å². The Morgan fingerprint density at radius 2 is 2.10 bits per heavy atom. The molecule has 2 heterocycles. The predicted octanol–water partition coefficient (Wildman–Crippen LogP) is 1.27. The van der Waals surface area contributed by atoms with E-state index in [-0.39, 0.29) is 0 Å². The van der Waals surface area contributed by atoms with Gasteiger partial charge in [-0.2, -0.15) is 0 Å². The lowest BCUT2D eigenvalue weighted by molar-refractivity contribution is -0.288. The van der Waals surface area contributed by atoms with Crippen molar-refractivity contribution in [1.82, 2.24) is 15.0 Å². The van der Waals surface area contributed by atoms with Gasteiger partial charge in [-0.15, -0.1) is 5.10 Å². The van der Waals surface area contributed by atoms with Crippen LogP contribution in [0.25, 0.3) is 11.3 Å². The van der Waals surface area contributed by atoms with Crippen LogP contribution < -0.4 is 4.74 Å². The van der Waals surface area contributed by atoms with Gasteiger partial charge in [-0.3, -0.25) is 0 Å². The predicted molar refractivity (Wildman–Crippen MR) is 98.6 cm³/mol. The first-order valence-corrected chi connectivity index (χ1v) is 9.23. The van der Waals surface area contributed by atoms with Gasteiger partial charge in [-0.1, -0.05) is 24.3 Å². The van der Waals surface area contributed by atoms with E-state index in [1.807, 2.05) is 0 Å². The van der Waals surface area contributed by atoms with Gasteiger partial charge in [-0.25, -0.2) is 13.5 Å². The maximum absolute atomic E-state index is 15.0. The molecule has 0 amide bonds. The van der Waals surface area contributed by atoms with Crippen LogP contribution in [0.3, 0.4) is 0 Å². The topological polar surface area (TPSA) is 110 Å². The van der Waals surface area contributed by atoms with E-state index in [0.29, 0.717) is 17.0 Å². The number of aliphatic hydroxyl groups excluding tert-OH is 3. The molecule has 2 aromatic rings. The van der Waals surface area contributed by atoms with Crippen molar-refractivity contribution in [2.24, 2.45) is 5.92 Å². The largest absolute Gasteiger partial charge is 0.497 e. The highest BCUT2D eigenvalue weighted by Crippen LogP contribution is 2.44. The molecule has 1 aromatic carbocycles. The van der Waals surface area contributed by atoms with Crippen molar-refractivity contribution in [2.45, 2.75) is 50.2 Å². The minimum absolute atomic E-state index is 0.433. The summed E-state index contributed by atoms with van der Waals surface area (Å²) >= 11 is 0. The highest BCUT2D eigenvalue weighted by atomic mass is 19.2. The Labute approximate surface area is 166 Å². The standard InChI is InChI=1S/C19H25F2N3O5/c1-10-15(18(20)19(2,21)29-17(10)16(27)14(26)9-25)24-8-13(22-23-24)11-5-4-6-12(7-11)28-3/h4-8,10,14-18,25-27H,9H2,1-3H3/t10-,14-,15-,16-,17-,18?,19?/m1/s1. The molecule has 8 nitrogen and oxygen atoms in total. The van der Waals surface area contributed by atoms with E-state index in [1.165, 1.54) is 18.0 Å². The number of hydrogen-bond acceptors (Lipinski definition) is 7. The van der Waals surface area contributed by atoms with Gasteiger partial charge in [0.2, 0.25) is 5.85 Å². The highest BCUT2D eigenvalue weighted by Gasteiger charge is 2.55. The summed E-state index contributed by atoms with van der Waals surface area (Å²) in [5.41, 5.74) is 1.11. The van der Waals surface area contributed by atoms with Gasteiger partial charge in [-0.05, 0) is 19.1 Å². The van der Waals surface area contributed by atoms with Gasteiger partial charge < -0.3 is 24.8 Å². The van der Waals surface area contributed by atoms with Crippen LogP contribution in [-0.2, 0) is 4.74 Å².